The van der Waals surface area contributed by atoms with Crippen LogP contribution in [0.3, 0.4) is 0 Å². The molecule has 0 radical (unpaired) electrons. The van der Waals surface area contributed by atoms with Gasteiger partial charge < -0.3 is 0 Å². The van der Waals surface area contributed by atoms with Crippen LogP contribution in [0.4, 0.5) is 0 Å². The number of benzene rings is 1. The van der Waals surface area contributed by atoms with Crippen LogP contribution in [0.2, 0.25) is 0 Å². The second kappa shape index (κ2) is 3.35. The van der Waals surface area contributed by atoms with Crippen LogP contribution < -0.4 is 0 Å². The van der Waals surface area contributed by atoms with Crippen LogP contribution in [-0.4, -0.2) is 13.2 Å². The van der Waals surface area contributed by atoms with Gasteiger partial charge in [0.1, 0.15) is 4.75 Å². The van der Waals surface area contributed by atoms with Crippen molar-refractivity contribution in [2.45, 2.75) is 16.6 Å². The van der Waals surface area contributed by atoms with E-state index in [9.17, 15) is 8.42 Å². The second-order valence-corrected chi connectivity index (χ2v) is 6.08. The highest BCUT2D eigenvalue weighted by Crippen LogP contribution is 2.30. The summed E-state index contributed by atoms with van der Waals surface area (Å²) in [6, 6.07) is 8.53. The third-order valence-corrected chi connectivity index (χ3v) is 4.92. The monoisotopic (exact) mass is 220 g/mol. The van der Waals surface area contributed by atoms with Gasteiger partial charge in [0.05, 0.1) is 4.90 Å². The molecule has 0 spiro atoms. The first-order valence-electron chi connectivity index (χ1n) is 4.73. The van der Waals surface area contributed by atoms with Gasteiger partial charge in [-0.05, 0) is 19.1 Å². The summed E-state index contributed by atoms with van der Waals surface area (Å²) >= 11 is 0. The smallest absolute Gasteiger partial charge is 0.190 e. The fourth-order valence-corrected chi connectivity index (χ4v) is 3.12. The van der Waals surface area contributed by atoms with E-state index in [1.807, 2.05) is 6.07 Å². The van der Waals surface area contributed by atoms with Gasteiger partial charge in [-0.25, -0.2) is 8.42 Å². The van der Waals surface area contributed by atoms with Crippen LogP contribution in [0.15, 0.2) is 59.5 Å². The van der Waals surface area contributed by atoms with E-state index in [1.54, 1.807) is 55.5 Å². The molecular weight excluding hydrogens is 208 g/mol. The van der Waals surface area contributed by atoms with E-state index in [2.05, 4.69) is 0 Å². The lowest BCUT2D eigenvalue weighted by Gasteiger charge is -2.19. The van der Waals surface area contributed by atoms with E-state index in [1.165, 1.54) is 0 Å². The Balaban J connectivity index is 2.54. The first-order chi connectivity index (χ1) is 7.06. The van der Waals surface area contributed by atoms with Crippen molar-refractivity contribution in [2.24, 2.45) is 0 Å². The minimum atomic E-state index is -3.31. The Labute approximate surface area is 89.9 Å². The molecule has 0 unspecified atom stereocenters. The molecule has 1 aromatic carbocycles. The van der Waals surface area contributed by atoms with Gasteiger partial charge in [-0.3, -0.25) is 0 Å². The van der Waals surface area contributed by atoms with Gasteiger partial charge in [-0.2, -0.15) is 0 Å². The van der Waals surface area contributed by atoms with Gasteiger partial charge in [0, 0.05) is 0 Å². The minimum absolute atomic E-state index is 0.365. The molecule has 1 aliphatic carbocycles. The van der Waals surface area contributed by atoms with Crippen LogP contribution in [0.25, 0.3) is 0 Å². The SMILES string of the molecule is CC1(S(=O)(=O)c2ccccc2)C=CC=C1. The highest BCUT2D eigenvalue weighted by atomic mass is 32.2. The van der Waals surface area contributed by atoms with Gasteiger partial charge in [0.25, 0.3) is 0 Å². The zero-order chi connectivity index (χ0) is 10.9. The van der Waals surface area contributed by atoms with Crippen molar-refractivity contribution in [3.05, 3.63) is 54.6 Å². The highest BCUT2D eigenvalue weighted by Gasteiger charge is 2.36. The summed E-state index contributed by atoms with van der Waals surface area (Å²) in [7, 11) is -3.31. The van der Waals surface area contributed by atoms with E-state index in [0.717, 1.165) is 0 Å². The Kier molecular flexibility index (Phi) is 2.27. The zero-order valence-electron chi connectivity index (χ0n) is 8.42. The van der Waals surface area contributed by atoms with Crippen molar-refractivity contribution in [2.75, 3.05) is 0 Å². The van der Waals surface area contributed by atoms with Gasteiger partial charge in [-0.1, -0.05) is 42.5 Å². The molecule has 0 fully saturated rings. The Hall–Kier alpha value is -1.35. The molecule has 2 rings (SSSR count). The molecule has 0 heterocycles. The van der Waals surface area contributed by atoms with E-state index in [0.29, 0.717) is 4.90 Å². The van der Waals surface area contributed by atoms with Crippen LogP contribution >= 0.6 is 0 Å². The van der Waals surface area contributed by atoms with E-state index >= 15 is 0 Å². The summed E-state index contributed by atoms with van der Waals surface area (Å²) in [5, 5.41) is 0. The Morgan fingerprint density at radius 2 is 1.53 bits per heavy atom. The molecule has 0 aromatic heterocycles. The summed E-state index contributed by atoms with van der Waals surface area (Å²) in [5.41, 5.74) is 0. The maximum atomic E-state index is 12.3. The molecule has 0 N–H and O–H groups in total. The lowest BCUT2D eigenvalue weighted by molar-refractivity contribution is 0.581. The first kappa shape index (κ1) is 10.2. The molecule has 0 amide bonds. The molecule has 78 valence electrons. The standard InChI is InChI=1S/C12H12O2S/c1-12(9-5-6-10-12)15(13,14)11-7-3-2-4-8-11/h2-10H,1H3. The summed E-state index contributed by atoms with van der Waals surface area (Å²) in [6.07, 6.45) is 6.94. The summed E-state index contributed by atoms with van der Waals surface area (Å²) in [4.78, 5) is 0.365. The van der Waals surface area contributed by atoms with Gasteiger partial charge >= 0.3 is 0 Å². The molecular formula is C12H12O2S. The average Bonchev–Trinajstić information content (AvgIpc) is 2.68. The van der Waals surface area contributed by atoms with Crippen LogP contribution in [0.5, 0.6) is 0 Å². The van der Waals surface area contributed by atoms with E-state index in [-0.39, 0.29) is 0 Å². The van der Waals surface area contributed by atoms with E-state index in [4.69, 9.17) is 0 Å². The topological polar surface area (TPSA) is 34.1 Å². The lowest BCUT2D eigenvalue weighted by atomic mass is 10.2. The predicted molar refractivity (Wildman–Crippen MR) is 60.3 cm³/mol. The van der Waals surface area contributed by atoms with Crippen molar-refractivity contribution in [1.29, 1.82) is 0 Å². The molecule has 0 atom stereocenters. The zero-order valence-corrected chi connectivity index (χ0v) is 9.24. The molecule has 3 heteroatoms. The van der Waals surface area contributed by atoms with Crippen LogP contribution in [0, 0.1) is 0 Å². The second-order valence-electron chi connectivity index (χ2n) is 3.72. The van der Waals surface area contributed by atoms with Crippen molar-refractivity contribution >= 4 is 9.84 Å². The van der Waals surface area contributed by atoms with E-state index < -0.39 is 14.6 Å². The molecule has 1 aliphatic rings. The highest BCUT2D eigenvalue weighted by molar-refractivity contribution is 7.93. The number of rotatable bonds is 2. The molecule has 2 nitrogen and oxygen atoms in total. The third-order valence-electron chi connectivity index (χ3n) is 2.60. The van der Waals surface area contributed by atoms with Gasteiger partial charge in [0.15, 0.2) is 9.84 Å². The third kappa shape index (κ3) is 1.53. The lowest BCUT2D eigenvalue weighted by Crippen LogP contribution is -2.29. The number of hydrogen-bond donors (Lipinski definition) is 0. The largest absolute Gasteiger partial charge is 0.222 e. The van der Waals surface area contributed by atoms with Crippen molar-refractivity contribution < 1.29 is 8.42 Å². The molecule has 0 saturated carbocycles. The van der Waals surface area contributed by atoms with Crippen molar-refractivity contribution in [3.8, 4) is 0 Å². The average molecular weight is 220 g/mol. The molecule has 0 bridgehead atoms. The number of allylic oxidation sites excluding steroid dienone is 2. The first-order valence-corrected chi connectivity index (χ1v) is 6.21. The Morgan fingerprint density at radius 3 is 2.07 bits per heavy atom. The van der Waals surface area contributed by atoms with Gasteiger partial charge in [0.2, 0.25) is 0 Å². The quantitative estimate of drug-likeness (QED) is 0.766. The van der Waals surface area contributed by atoms with Crippen molar-refractivity contribution in [3.63, 3.8) is 0 Å². The molecule has 0 saturated heterocycles. The maximum absolute atomic E-state index is 12.3. The summed E-state index contributed by atoms with van der Waals surface area (Å²) in [5.74, 6) is 0. The minimum Gasteiger partial charge on any atom is -0.222 e. The number of hydrogen-bond acceptors (Lipinski definition) is 2. The fraction of sp³-hybridized carbons (Fsp3) is 0.167. The summed E-state index contributed by atoms with van der Waals surface area (Å²) < 4.78 is 23.6. The maximum Gasteiger partial charge on any atom is 0.190 e. The Morgan fingerprint density at radius 1 is 1.00 bits per heavy atom. The molecule has 0 aliphatic heterocycles. The van der Waals surface area contributed by atoms with Crippen LogP contribution in [0.1, 0.15) is 6.92 Å². The molecule has 15 heavy (non-hydrogen) atoms. The normalized spacial score (nSPS) is 18.2. The van der Waals surface area contributed by atoms with Crippen LogP contribution in [-0.2, 0) is 9.84 Å². The summed E-state index contributed by atoms with van der Waals surface area (Å²) in [6.45, 7) is 1.70. The fourth-order valence-electron chi connectivity index (χ4n) is 1.58. The van der Waals surface area contributed by atoms with Crippen molar-refractivity contribution in [1.82, 2.24) is 0 Å². The predicted octanol–water partition coefficient (Wildman–Crippen LogP) is 2.35. The molecule has 1 aromatic rings. The number of sulfone groups is 1. The van der Waals surface area contributed by atoms with Gasteiger partial charge in [-0.15, -0.1) is 0 Å². The Bertz CT molecular complexity index is 498.